The number of hydrogen-bond donors (Lipinski definition) is 1. The van der Waals surface area contributed by atoms with Crippen molar-refractivity contribution in [3.8, 4) is 17.0 Å². The normalized spacial score (nSPS) is 15.8. The number of methoxy groups -OCH3 is 1. The second-order valence-electron chi connectivity index (χ2n) is 8.18. The molecule has 1 aliphatic heterocycles. The Morgan fingerprint density at radius 2 is 2.03 bits per heavy atom. The second kappa shape index (κ2) is 8.34. The molecule has 0 radical (unpaired) electrons. The number of imidazole rings is 1. The van der Waals surface area contributed by atoms with Crippen molar-refractivity contribution in [2.45, 2.75) is 31.9 Å². The zero-order valence-electron chi connectivity index (χ0n) is 18.0. The summed E-state index contributed by atoms with van der Waals surface area (Å²) >= 11 is 0. The first-order valence-corrected chi connectivity index (χ1v) is 10.6. The predicted octanol–water partition coefficient (Wildman–Crippen LogP) is 3.53. The van der Waals surface area contributed by atoms with Gasteiger partial charge in [-0.25, -0.2) is 18.3 Å². The maximum atomic E-state index is 12.9. The number of anilines is 1. The molecule has 3 aromatic heterocycles. The lowest BCUT2D eigenvalue weighted by atomic mass is 10.1. The number of fused-ring (bicyclic) bond motifs is 2. The van der Waals surface area contributed by atoms with Crippen molar-refractivity contribution >= 4 is 22.5 Å². The number of piperidine rings is 1. The summed E-state index contributed by atoms with van der Waals surface area (Å²) in [5.74, 6) is 0.980. The average Bonchev–Trinajstić information content (AvgIpc) is 3.38. The fraction of sp³-hybridized carbons (Fsp3) is 0.409. The molecule has 1 saturated heterocycles. The molecule has 4 heterocycles. The van der Waals surface area contributed by atoms with Gasteiger partial charge < -0.3 is 19.5 Å². The van der Waals surface area contributed by atoms with Gasteiger partial charge in [0.15, 0.2) is 0 Å². The Balaban J connectivity index is 1.51. The van der Waals surface area contributed by atoms with E-state index in [1.807, 2.05) is 30.5 Å². The van der Waals surface area contributed by atoms with E-state index in [4.69, 9.17) is 4.74 Å². The topological polar surface area (TPSA) is 72.5 Å². The zero-order valence-corrected chi connectivity index (χ0v) is 18.0. The first-order chi connectivity index (χ1) is 15.5. The molecular formula is C22H25F2N7O. The lowest BCUT2D eigenvalue weighted by Crippen LogP contribution is -2.37. The summed E-state index contributed by atoms with van der Waals surface area (Å²) in [6.45, 7) is 1.68. The van der Waals surface area contributed by atoms with Gasteiger partial charge in [0.2, 0.25) is 11.8 Å². The van der Waals surface area contributed by atoms with E-state index in [2.05, 4.69) is 32.3 Å². The lowest BCUT2D eigenvalue weighted by Gasteiger charge is -2.29. The molecular weight excluding hydrogens is 416 g/mol. The summed E-state index contributed by atoms with van der Waals surface area (Å²) in [6, 6.07) is 7.87. The van der Waals surface area contributed by atoms with Crippen LogP contribution in [0.25, 0.3) is 27.7 Å². The molecule has 0 amide bonds. The van der Waals surface area contributed by atoms with Crippen LogP contribution in [0.2, 0.25) is 0 Å². The molecule has 5 rings (SSSR count). The van der Waals surface area contributed by atoms with Crippen molar-refractivity contribution in [3.05, 3.63) is 36.8 Å². The smallest absolute Gasteiger partial charge is 0.256 e. The largest absolute Gasteiger partial charge is 0.479 e. The molecule has 32 heavy (non-hydrogen) atoms. The molecule has 1 aliphatic rings. The van der Waals surface area contributed by atoms with Gasteiger partial charge in [0.25, 0.3) is 6.43 Å². The minimum atomic E-state index is -2.45. The van der Waals surface area contributed by atoms with Crippen LogP contribution >= 0.6 is 0 Å². The molecule has 0 bridgehead atoms. The Labute approximate surface area is 183 Å². The average molecular weight is 441 g/mol. The molecule has 0 saturated carbocycles. The molecule has 0 unspecified atom stereocenters. The van der Waals surface area contributed by atoms with Crippen LogP contribution in [-0.4, -0.2) is 68.8 Å². The summed E-state index contributed by atoms with van der Waals surface area (Å²) in [5.41, 5.74) is 3.77. The van der Waals surface area contributed by atoms with Crippen molar-refractivity contribution in [1.82, 2.24) is 29.0 Å². The Kier molecular flexibility index (Phi) is 5.38. The van der Waals surface area contributed by atoms with E-state index >= 15 is 0 Å². The fourth-order valence-electron chi connectivity index (χ4n) is 4.28. The number of hydrogen-bond acceptors (Lipinski definition) is 6. The van der Waals surface area contributed by atoms with Crippen LogP contribution in [0.5, 0.6) is 5.88 Å². The van der Waals surface area contributed by atoms with E-state index in [0.717, 1.165) is 42.6 Å². The highest BCUT2D eigenvalue weighted by atomic mass is 19.3. The van der Waals surface area contributed by atoms with Gasteiger partial charge in [-0.1, -0.05) is 6.07 Å². The quantitative estimate of drug-likeness (QED) is 0.494. The summed E-state index contributed by atoms with van der Waals surface area (Å²) in [4.78, 5) is 11.1. The standard InChI is InChI=1S/C22H25F2N7O/c1-29-8-5-15(6-9-29)26-22-27-21(32-2)20-16(7-10-31(20)28-22)14-3-4-17-18(11-14)30(13-25-17)12-19(23)24/h3-4,7,10-11,13,15,19H,5-6,8-9,12H2,1-2H3,(H,26,28). The molecule has 4 aromatic rings. The summed E-state index contributed by atoms with van der Waals surface area (Å²) in [7, 11) is 3.71. The minimum absolute atomic E-state index is 0.320. The van der Waals surface area contributed by atoms with Crippen LogP contribution in [0.15, 0.2) is 36.8 Å². The van der Waals surface area contributed by atoms with E-state index in [1.54, 1.807) is 11.6 Å². The third-order valence-electron chi connectivity index (χ3n) is 5.99. The Hall–Kier alpha value is -3.27. The monoisotopic (exact) mass is 441 g/mol. The third-order valence-corrected chi connectivity index (χ3v) is 5.99. The van der Waals surface area contributed by atoms with E-state index in [-0.39, 0.29) is 0 Å². The number of aromatic nitrogens is 5. The first kappa shape index (κ1) is 20.6. The molecule has 0 atom stereocenters. The summed E-state index contributed by atoms with van der Waals surface area (Å²) in [6.07, 6.45) is 2.92. The molecule has 10 heteroatoms. The lowest BCUT2D eigenvalue weighted by molar-refractivity contribution is 0.128. The Morgan fingerprint density at radius 3 is 2.78 bits per heavy atom. The van der Waals surface area contributed by atoms with Gasteiger partial charge >= 0.3 is 0 Å². The van der Waals surface area contributed by atoms with Crippen molar-refractivity contribution in [1.29, 1.82) is 0 Å². The fourth-order valence-corrected chi connectivity index (χ4v) is 4.28. The van der Waals surface area contributed by atoms with Crippen LogP contribution in [0.4, 0.5) is 14.7 Å². The van der Waals surface area contributed by atoms with Crippen molar-refractivity contribution in [2.75, 3.05) is 32.6 Å². The maximum Gasteiger partial charge on any atom is 0.256 e. The highest BCUT2D eigenvalue weighted by molar-refractivity contribution is 5.89. The number of ether oxygens (including phenoxy) is 1. The van der Waals surface area contributed by atoms with Crippen LogP contribution in [-0.2, 0) is 6.54 Å². The molecule has 1 N–H and O–H groups in total. The highest BCUT2D eigenvalue weighted by Gasteiger charge is 2.20. The predicted molar refractivity (Wildman–Crippen MR) is 118 cm³/mol. The number of rotatable bonds is 6. The summed E-state index contributed by atoms with van der Waals surface area (Å²) in [5, 5.41) is 8.07. The van der Waals surface area contributed by atoms with E-state index in [9.17, 15) is 8.78 Å². The van der Waals surface area contributed by atoms with E-state index in [1.165, 1.54) is 10.9 Å². The molecule has 0 spiro atoms. The van der Waals surface area contributed by atoms with Crippen molar-refractivity contribution in [2.24, 2.45) is 0 Å². The number of likely N-dealkylation sites (tertiary alicyclic amines) is 1. The number of halogens is 2. The van der Waals surface area contributed by atoms with Gasteiger partial charge in [0.05, 0.1) is 31.0 Å². The van der Waals surface area contributed by atoms with Crippen LogP contribution < -0.4 is 10.1 Å². The van der Waals surface area contributed by atoms with Crippen molar-refractivity contribution in [3.63, 3.8) is 0 Å². The number of alkyl halides is 2. The molecule has 168 valence electrons. The van der Waals surface area contributed by atoms with Crippen LogP contribution in [0.3, 0.4) is 0 Å². The van der Waals surface area contributed by atoms with Crippen molar-refractivity contribution < 1.29 is 13.5 Å². The van der Waals surface area contributed by atoms with E-state index < -0.39 is 13.0 Å². The van der Waals surface area contributed by atoms with Gasteiger partial charge in [0, 0.05) is 17.8 Å². The van der Waals surface area contributed by atoms with Crippen LogP contribution in [0.1, 0.15) is 12.8 Å². The SMILES string of the molecule is COc1nc(NC2CCN(C)CC2)nn2ccc(-c3ccc4ncn(CC(F)F)c4c3)c12. The second-order valence-corrected chi connectivity index (χ2v) is 8.18. The molecule has 0 aliphatic carbocycles. The van der Waals surface area contributed by atoms with Gasteiger partial charge in [-0.2, -0.15) is 4.98 Å². The highest BCUT2D eigenvalue weighted by Crippen LogP contribution is 2.33. The van der Waals surface area contributed by atoms with E-state index in [0.29, 0.717) is 28.9 Å². The zero-order chi connectivity index (χ0) is 22.2. The Bertz CT molecular complexity index is 1240. The minimum Gasteiger partial charge on any atom is -0.479 e. The van der Waals surface area contributed by atoms with Gasteiger partial charge in [-0.3, -0.25) is 0 Å². The number of nitrogens with zero attached hydrogens (tertiary/aromatic N) is 6. The molecule has 1 fully saturated rings. The van der Waals surface area contributed by atoms with Gasteiger partial charge in [-0.05, 0) is 56.7 Å². The van der Waals surface area contributed by atoms with Gasteiger partial charge in [-0.15, -0.1) is 5.10 Å². The third kappa shape index (κ3) is 3.86. The van der Waals surface area contributed by atoms with Crippen LogP contribution in [0, 0.1) is 0 Å². The molecule has 1 aromatic carbocycles. The Morgan fingerprint density at radius 1 is 1.22 bits per heavy atom. The maximum absolute atomic E-state index is 12.9. The number of nitrogens with one attached hydrogen (secondary N) is 1. The summed E-state index contributed by atoms with van der Waals surface area (Å²) < 4.78 is 34.7. The first-order valence-electron chi connectivity index (χ1n) is 10.6. The van der Waals surface area contributed by atoms with Gasteiger partial charge in [0.1, 0.15) is 5.52 Å². The number of benzene rings is 1. The molecule has 8 nitrogen and oxygen atoms in total.